The highest BCUT2D eigenvalue weighted by Crippen LogP contribution is 2.31. The summed E-state index contributed by atoms with van der Waals surface area (Å²) in [5, 5.41) is 2.98. The molecule has 11 heteroatoms. The number of nitrogens with two attached hydrogens (primary N) is 2. The normalized spacial score (nSPS) is 11.6. The van der Waals surface area contributed by atoms with E-state index >= 15 is 0 Å². The van der Waals surface area contributed by atoms with Crippen LogP contribution in [0.25, 0.3) is 0 Å². The summed E-state index contributed by atoms with van der Waals surface area (Å²) in [7, 11) is 1.55. The molecule has 5 N–H and O–H groups in total. The Kier molecular flexibility index (Phi) is 10.3. The topological polar surface area (TPSA) is 150 Å². The van der Waals surface area contributed by atoms with Crippen molar-refractivity contribution in [2.24, 2.45) is 11.7 Å². The fourth-order valence-corrected chi connectivity index (χ4v) is 4.74. The SMILES string of the molecule is CCOc1ccc([C@H](C(=O)NCCC(C)C)N(Cc2cccc(OC)c2)C(=O)c2snc(C(N)=O)c2N)cc1. The first-order valence-electron chi connectivity index (χ1n) is 12.7. The lowest BCUT2D eigenvalue weighted by atomic mass is 10.0. The van der Waals surface area contributed by atoms with Gasteiger partial charge in [0.05, 0.1) is 19.4 Å². The van der Waals surface area contributed by atoms with E-state index in [1.807, 2.05) is 13.0 Å². The van der Waals surface area contributed by atoms with Gasteiger partial charge < -0.3 is 31.2 Å². The molecule has 208 valence electrons. The molecule has 0 spiro atoms. The fraction of sp³-hybridized carbons (Fsp3) is 0.357. The highest BCUT2D eigenvalue weighted by atomic mass is 32.1. The van der Waals surface area contributed by atoms with Gasteiger partial charge in [0.2, 0.25) is 5.91 Å². The quantitative estimate of drug-likeness (QED) is 0.291. The molecule has 3 aromatic rings. The van der Waals surface area contributed by atoms with E-state index in [-0.39, 0.29) is 28.7 Å². The lowest BCUT2D eigenvalue weighted by Gasteiger charge is -2.31. The third kappa shape index (κ3) is 7.47. The van der Waals surface area contributed by atoms with Gasteiger partial charge in [-0.15, -0.1) is 0 Å². The first-order valence-corrected chi connectivity index (χ1v) is 13.4. The van der Waals surface area contributed by atoms with E-state index in [2.05, 4.69) is 23.5 Å². The Morgan fingerprint density at radius 3 is 2.41 bits per heavy atom. The van der Waals surface area contributed by atoms with E-state index < -0.39 is 17.9 Å². The molecule has 39 heavy (non-hydrogen) atoms. The van der Waals surface area contributed by atoms with E-state index in [1.165, 1.54) is 4.90 Å². The lowest BCUT2D eigenvalue weighted by Crippen LogP contribution is -2.43. The van der Waals surface area contributed by atoms with Gasteiger partial charge in [0, 0.05) is 13.1 Å². The minimum Gasteiger partial charge on any atom is -0.497 e. The third-order valence-corrected chi connectivity index (χ3v) is 6.84. The van der Waals surface area contributed by atoms with Crippen molar-refractivity contribution in [2.45, 2.75) is 39.8 Å². The number of anilines is 1. The number of methoxy groups -OCH3 is 1. The summed E-state index contributed by atoms with van der Waals surface area (Å²) in [6.07, 6.45) is 0.773. The molecule has 0 saturated heterocycles. The Balaban J connectivity index is 2.11. The van der Waals surface area contributed by atoms with Crippen LogP contribution in [0.2, 0.25) is 0 Å². The van der Waals surface area contributed by atoms with Gasteiger partial charge in [-0.25, -0.2) is 0 Å². The minimum atomic E-state index is -1.02. The zero-order valence-corrected chi connectivity index (χ0v) is 23.4. The highest BCUT2D eigenvalue weighted by molar-refractivity contribution is 7.09. The lowest BCUT2D eigenvalue weighted by molar-refractivity contribution is -0.126. The van der Waals surface area contributed by atoms with Gasteiger partial charge in [0.15, 0.2) is 5.69 Å². The van der Waals surface area contributed by atoms with Crippen LogP contribution in [0, 0.1) is 5.92 Å². The number of aromatic nitrogens is 1. The number of nitrogen functional groups attached to an aromatic ring is 1. The predicted octanol–water partition coefficient (Wildman–Crippen LogP) is 3.78. The number of carbonyl (C=O) groups excluding carboxylic acids is 3. The molecule has 10 nitrogen and oxygen atoms in total. The van der Waals surface area contributed by atoms with Crippen LogP contribution in [0.15, 0.2) is 48.5 Å². The van der Waals surface area contributed by atoms with Gasteiger partial charge in [0.1, 0.15) is 22.4 Å². The molecule has 1 aromatic heterocycles. The molecule has 1 heterocycles. The minimum absolute atomic E-state index is 0.0256. The van der Waals surface area contributed by atoms with Crippen molar-refractivity contribution in [3.63, 3.8) is 0 Å². The van der Waals surface area contributed by atoms with Crippen molar-refractivity contribution in [3.8, 4) is 11.5 Å². The molecular weight excluding hydrogens is 518 g/mol. The Morgan fingerprint density at radius 1 is 1.10 bits per heavy atom. The predicted molar refractivity (Wildman–Crippen MR) is 151 cm³/mol. The molecule has 2 aromatic carbocycles. The maximum atomic E-state index is 14.1. The molecule has 3 amide bonds. The summed E-state index contributed by atoms with van der Waals surface area (Å²) in [6.45, 7) is 7.00. The van der Waals surface area contributed by atoms with Crippen LogP contribution < -0.4 is 26.3 Å². The van der Waals surface area contributed by atoms with Crippen molar-refractivity contribution in [1.82, 2.24) is 14.6 Å². The van der Waals surface area contributed by atoms with Crippen molar-refractivity contribution in [1.29, 1.82) is 0 Å². The fourth-order valence-electron chi connectivity index (χ4n) is 3.97. The molecule has 0 radical (unpaired) electrons. The number of amides is 3. The Bertz CT molecular complexity index is 1290. The maximum absolute atomic E-state index is 14.1. The first kappa shape index (κ1) is 29.4. The van der Waals surface area contributed by atoms with Crippen LogP contribution >= 0.6 is 11.5 Å². The van der Waals surface area contributed by atoms with Crippen LogP contribution in [0.4, 0.5) is 5.69 Å². The first-order chi connectivity index (χ1) is 18.7. The van der Waals surface area contributed by atoms with Crippen LogP contribution in [0.3, 0.4) is 0 Å². The molecule has 0 aliphatic heterocycles. The Labute approximate surface area is 232 Å². The summed E-state index contributed by atoms with van der Waals surface area (Å²) >= 11 is 0.771. The van der Waals surface area contributed by atoms with E-state index in [0.29, 0.717) is 36.1 Å². The number of primary amides is 1. The zero-order valence-electron chi connectivity index (χ0n) is 22.6. The van der Waals surface area contributed by atoms with Crippen LogP contribution in [-0.4, -0.2) is 47.3 Å². The second kappa shape index (κ2) is 13.6. The molecule has 1 atom stereocenters. The van der Waals surface area contributed by atoms with Crippen molar-refractivity contribution in [3.05, 3.63) is 70.2 Å². The number of ether oxygens (including phenoxy) is 2. The second-order valence-corrected chi connectivity index (χ2v) is 10.1. The van der Waals surface area contributed by atoms with Crippen LogP contribution in [-0.2, 0) is 11.3 Å². The third-order valence-electron chi connectivity index (χ3n) is 5.99. The number of nitrogens with one attached hydrogen (secondary N) is 1. The summed E-state index contributed by atoms with van der Waals surface area (Å²) in [4.78, 5) is 41.0. The van der Waals surface area contributed by atoms with Crippen LogP contribution in [0.1, 0.15) is 64.5 Å². The number of nitrogens with zero attached hydrogens (tertiary/aromatic N) is 2. The number of benzene rings is 2. The van der Waals surface area contributed by atoms with Crippen molar-refractivity contribution in [2.75, 3.05) is 26.0 Å². The zero-order chi connectivity index (χ0) is 28.5. The second-order valence-electron chi connectivity index (χ2n) is 9.30. The standard InChI is InChI=1S/C28H35N5O5S/c1-5-38-20-11-9-19(10-12-20)24(27(35)31-14-13-17(2)3)33(16-18-7-6-8-21(15-18)37-4)28(36)25-22(29)23(26(30)34)32-39-25/h6-12,15,17,24H,5,13-14,16,29H2,1-4H3,(H2,30,34)(H,31,35)/t24-/m1/s1. The molecule has 0 unspecified atom stereocenters. The smallest absolute Gasteiger partial charge is 0.270 e. The summed E-state index contributed by atoms with van der Waals surface area (Å²) in [5.74, 6) is -0.118. The van der Waals surface area contributed by atoms with Crippen molar-refractivity contribution < 1.29 is 23.9 Å². The molecule has 0 fully saturated rings. The van der Waals surface area contributed by atoms with Gasteiger partial charge in [-0.1, -0.05) is 38.1 Å². The van der Waals surface area contributed by atoms with Gasteiger partial charge in [-0.3, -0.25) is 14.4 Å². The van der Waals surface area contributed by atoms with Gasteiger partial charge in [-0.2, -0.15) is 4.37 Å². The highest BCUT2D eigenvalue weighted by Gasteiger charge is 2.35. The van der Waals surface area contributed by atoms with E-state index in [0.717, 1.165) is 23.5 Å². The average molecular weight is 554 g/mol. The Hall–Kier alpha value is -4.12. The van der Waals surface area contributed by atoms with E-state index in [4.69, 9.17) is 20.9 Å². The molecule has 0 aliphatic rings. The number of rotatable bonds is 13. The molecular formula is C28H35N5O5S. The molecule has 0 bridgehead atoms. The van der Waals surface area contributed by atoms with E-state index in [9.17, 15) is 14.4 Å². The number of hydrogen-bond acceptors (Lipinski definition) is 8. The molecule has 0 saturated carbocycles. The maximum Gasteiger partial charge on any atom is 0.270 e. The average Bonchev–Trinajstić information content (AvgIpc) is 3.30. The number of carbonyl (C=O) groups is 3. The van der Waals surface area contributed by atoms with Gasteiger partial charge >= 0.3 is 0 Å². The van der Waals surface area contributed by atoms with Gasteiger partial charge in [-0.05, 0) is 66.2 Å². The Morgan fingerprint density at radius 2 is 1.82 bits per heavy atom. The van der Waals surface area contributed by atoms with Crippen molar-refractivity contribution >= 4 is 34.9 Å². The van der Waals surface area contributed by atoms with Gasteiger partial charge in [0.25, 0.3) is 11.8 Å². The largest absolute Gasteiger partial charge is 0.497 e. The van der Waals surface area contributed by atoms with E-state index in [1.54, 1.807) is 49.6 Å². The molecule has 3 rings (SSSR count). The summed E-state index contributed by atoms with van der Waals surface area (Å²) < 4.78 is 14.9. The summed E-state index contributed by atoms with van der Waals surface area (Å²) in [5.41, 5.74) is 12.5. The van der Waals surface area contributed by atoms with Crippen LogP contribution in [0.5, 0.6) is 11.5 Å². The number of hydrogen-bond donors (Lipinski definition) is 3. The molecule has 0 aliphatic carbocycles. The monoisotopic (exact) mass is 553 g/mol. The summed E-state index contributed by atoms with van der Waals surface area (Å²) in [6, 6.07) is 13.2.